The molecule has 1 saturated carbocycles. The Labute approximate surface area is 147 Å². The van der Waals surface area contributed by atoms with Crippen molar-refractivity contribution in [1.82, 2.24) is 14.8 Å². The first-order valence-corrected chi connectivity index (χ1v) is 8.85. The molecule has 1 fully saturated rings. The van der Waals surface area contributed by atoms with Gasteiger partial charge in [-0.25, -0.2) is 4.68 Å². The minimum Gasteiger partial charge on any atom is -0.307 e. The fourth-order valence-corrected chi connectivity index (χ4v) is 3.70. The van der Waals surface area contributed by atoms with Crippen molar-refractivity contribution < 1.29 is 4.79 Å². The van der Waals surface area contributed by atoms with Crippen LogP contribution >= 0.6 is 0 Å². The van der Waals surface area contributed by atoms with Crippen LogP contribution in [-0.2, 0) is 0 Å². The summed E-state index contributed by atoms with van der Waals surface area (Å²) in [6.07, 6.45) is 6.47. The van der Waals surface area contributed by atoms with Crippen molar-refractivity contribution >= 4 is 22.6 Å². The molecule has 3 aromatic rings. The van der Waals surface area contributed by atoms with Crippen LogP contribution in [0.3, 0.4) is 0 Å². The highest BCUT2D eigenvalue weighted by atomic mass is 16.1. The van der Waals surface area contributed by atoms with Crippen LogP contribution in [0.1, 0.15) is 53.3 Å². The Morgan fingerprint density at radius 3 is 2.76 bits per heavy atom. The molecular formula is C20H22N4O. The zero-order valence-electron chi connectivity index (χ0n) is 14.6. The fraction of sp³-hybridized carbons (Fsp3) is 0.350. The molecular weight excluding hydrogens is 312 g/mol. The second-order valence-electron chi connectivity index (χ2n) is 6.89. The molecule has 128 valence electrons. The quantitative estimate of drug-likeness (QED) is 0.771. The Morgan fingerprint density at radius 1 is 1.16 bits per heavy atom. The fourth-order valence-electron chi connectivity index (χ4n) is 3.70. The van der Waals surface area contributed by atoms with Crippen LogP contribution in [0.25, 0.3) is 10.9 Å². The number of fused-ring (bicyclic) bond motifs is 1. The predicted molar refractivity (Wildman–Crippen MR) is 98.9 cm³/mol. The van der Waals surface area contributed by atoms with E-state index in [2.05, 4.69) is 15.4 Å². The van der Waals surface area contributed by atoms with Crippen LogP contribution in [0, 0.1) is 13.8 Å². The summed E-state index contributed by atoms with van der Waals surface area (Å²) in [7, 11) is 0. The van der Waals surface area contributed by atoms with E-state index in [1.54, 1.807) is 6.20 Å². The number of rotatable bonds is 3. The number of hydrogen-bond acceptors (Lipinski definition) is 3. The molecule has 0 radical (unpaired) electrons. The van der Waals surface area contributed by atoms with Crippen LogP contribution < -0.4 is 5.32 Å². The van der Waals surface area contributed by atoms with Crippen molar-refractivity contribution in [2.75, 3.05) is 5.32 Å². The molecule has 2 aromatic heterocycles. The second-order valence-corrected chi connectivity index (χ2v) is 6.89. The normalized spacial score (nSPS) is 15.0. The summed E-state index contributed by atoms with van der Waals surface area (Å²) in [5, 5.41) is 8.37. The first-order valence-electron chi connectivity index (χ1n) is 8.85. The number of nitrogens with one attached hydrogen (secondary N) is 1. The number of hydrogen-bond donors (Lipinski definition) is 1. The molecule has 0 saturated heterocycles. The molecule has 25 heavy (non-hydrogen) atoms. The monoisotopic (exact) mass is 334 g/mol. The Hall–Kier alpha value is -2.69. The number of pyridine rings is 1. The van der Waals surface area contributed by atoms with E-state index in [0.29, 0.717) is 11.6 Å². The summed E-state index contributed by atoms with van der Waals surface area (Å²) in [4.78, 5) is 17.5. The third-order valence-electron chi connectivity index (χ3n) is 4.92. The number of nitrogens with zero attached hydrogens (tertiary/aromatic N) is 3. The summed E-state index contributed by atoms with van der Waals surface area (Å²) >= 11 is 0. The highest BCUT2D eigenvalue weighted by Gasteiger charge is 2.21. The molecule has 5 heteroatoms. The molecule has 4 rings (SSSR count). The smallest absolute Gasteiger partial charge is 0.257 e. The van der Waals surface area contributed by atoms with Crippen LogP contribution in [0.15, 0.2) is 36.5 Å². The van der Waals surface area contributed by atoms with Gasteiger partial charge in [-0.05, 0) is 44.9 Å². The van der Waals surface area contributed by atoms with Gasteiger partial charge in [0.05, 0.1) is 23.3 Å². The number of anilines is 1. The van der Waals surface area contributed by atoms with E-state index in [1.807, 2.05) is 48.9 Å². The van der Waals surface area contributed by atoms with E-state index < -0.39 is 0 Å². The van der Waals surface area contributed by atoms with E-state index in [-0.39, 0.29) is 5.91 Å². The summed E-state index contributed by atoms with van der Waals surface area (Å²) in [6, 6.07) is 10.1. The molecule has 1 amide bonds. The minimum atomic E-state index is -0.110. The molecule has 0 bridgehead atoms. The van der Waals surface area contributed by atoms with Gasteiger partial charge in [0.25, 0.3) is 5.91 Å². The number of carbonyl (C=O) groups excluding carboxylic acids is 1. The maximum atomic E-state index is 13.0. The van der Waals surface area contributed by atoms with Gasteiger partial charge in [0.2, 0.25) is 0 Å². The van der Waals surface area contributed by atoms with Gasteiger partial charge < -0.3 is 5.32 Å². The molecule has 1 N–H and O–H groups in total. The van der Waals surface area contributed by atoms with E-state index >= 15 is 0 Å². The topological polar surface area (TPSA) is 59.8 Å². The molecule has 5 nitrogen and oxygen atoms in total. The number of carbonyl (C=O) groups is 1. The van der Waals surface area contributed by atoms with Gasteiger partial charge in [-0.2, -0.15) is 5.10 Å². The van der Waals surface area contributed by atoms with E-state index in [0.717, 1.165) is 40.8 Å². The highest BCUT2D eigenvalue weighted by molar-refractivity contribution is 6.12. The van der Waals surface area contributed by atoms with Crippen LogP contribution in [-0.4, -0.2) is 20.7 Å². The zero-order chi connectivity index (χ0) is 17.4. The zero-order valence-corrected chi connectivity index (χ0v) is 14.6. The van der Waals surface area contributed by atoms with Crippen molar-refractivity contribution in [1.29, 1.82) is 0 Å². The molecule has 0 atom stereocenters. The van der Waals surface area contributed by atoms with Crippen molar-refractivity contribution in [2.45, 2.75) is 45.6 Å². The minimum absolute atomic E-state index is 0.110. The van der Waals surface area contributed by atoms with Crippen LogP contribution in [0.5, 0.6) is 0 Å². The maximum absolute atomic E-state index is 13.0. The first kappa shape index (κ1) is 15.8. The number of benzene rings is 1. The average molecular weight is 334 g/mol. The summed E-state index contributed by atoms with van der Waals surface area (Å²) in [6.45, 7) is 3.94. The SMILES string of the molecule is Cc1ccc2nc(C)cc(C(=O)Nc3ccnn3C3CCCC3)c2c1. The van der Waals surface area contributed by atoms with Gasteiger partial charge >= 0.3 is 0 Å². The second kappa shape index (κ2) is 6.31. The lowest BCUT2D eigenvalue weighted by molar-refractivity contribution is 0.102. The predicted octanol–water partition coefficient (Wildman–Crippen LogP) is 4.42. The molecule has 0 aliphatic heterocycles. The molecule has 2 heterocycles. The largest absolute Gasteiger partial charge is 0.307 e. The molecule has 0 unspecified atom stereocenters. The molecule has 1 aliphatic rings. The summed E-state index contributed by atoms with van der Waals surface area (Å²) in [5.74, 6) is 0.660. The Kier molecular flexibility index (Phi) is 3.99. The van der Waals surface area contributed by atoms with Crippen molar-refractivity contribution in [3.63, 3.8) is 0 Å². The molecule has 1 aliphatic carbocycles. The van der Waals surface area contributed by atoms with Gasteiger partial charge in [-0.1, -0.05) is 24.5 Å². The number of aryl methyl sites for hydroxylation is 2. The Balaban J connectivity index is 1.69. The van der Waals surface area contributed by atoms with Gasteiger partial charge in [0.15, 0.2) is 0 Å². The molecule has 1 aromatic carbocycles. The molecule has 0 spiro atoms. The maximum Gasteiger partial charge on any atom is 0.257 e. The average Bonchev–Trinajstić information content (AvgIpc) is 3.25. The van der Waals surface area contributed by atoms with E-state index in [4.69, 9.17) is 0 Å². The van der Waals surface area contributed by atoms with Gasteiger partial charge in [0.1, 0.15) is 5.82 Å². The Morgan fingerprint density at radius 2 is 1.96 bits per heavy atom. The summed E-state index contributed by atoms with van der Waals surface area (Å²) < 4.78 is 1.96. The summed E-state index contributed by atoms with van der Waals surface area (Å²) in [5.41, 5.74) is 3.46. The Bertz CT molecular complexity index is 938. The van der Waals surface area contributed by atoms with Crippen LogP contribution in [0.4, 0.5) is 5.82 Å². The van der Waals surface area contributed by atoms with Crippen molar-refractivity contribution in [3.05, 3.63) is 53.3 Å². The van der Waals surface area contributed by atoms with Crippen molar-refractivity contribution in [3.8, 4) is 0 Å². The van der Waals surface area contributed by atoms with Crippen LogP contribution in [0.2, 0.25) is 0 Å². The third kappa shape index (κ3) is 3.02. The van der Waals surface area contributed by atoms with E-state index in [9.17, 15) is 4.79 Å². The van der Waals surface area contributed by atoms with Gasteiger partial charge in [-0.3, -0.25) is 9.78 Å². The lowest BCUT2D eigenvalue weighted by atomic mass is 10.0. The van der Waals surface area contributed by atoms with Crippen molar-refractivity contribution in [2.24, 2.45) is 0 Å². The lowest BCUT2D eigenvalue weighted by Gasteiger charge is -2.15. The highest BCUT2D eigenvalue weighted by Crippen LogP contribution is 2.31. The van der Waals surface area contributed by atoms with Gasteiger partial charge in [0, 0.05) is 17.1 Å². The van der Waals surface area contributed by atoms with Gasteiger partial charge in [-0.15, -0.1) is 0 Å². The number of aromatic nitrogens is 3. The first-order chi connectivity index (χ1) is 12.1. The lowest BCUT2D eigenvalue weighted by Crippen LogP contribution is -2.18. The van der Waals surface area contributed by atoms with E-state index in [1.165, 1.54) is 12.8 Å². The number of amides is 1. The third-order valence-corrected chi connectivity index (χ3v) is 4.92. The standard InChI is InChI=1S/C20H22N4O/c1-13-7-8-18-16(11-13)17(12-14(2)22-18)20(25)23-19-9-10-21-24(19)15-5-3-4-6-15/h7-12,15H,3-6H2,1-2H3,(H,23,25).